The van der Waals surface area contributed by atoms with E-state index in [0.717, 1.165) is 44.9 Å². The number of carbonyl (C=O) groups is 4. The van der Waals surface area contributed by atoms with Crippen molar-refractivity contribution in [3.05, 3.63) is 83.2 Å². The summed E-state index contributed by atoms with van der Waals surface area (Å²) >= 11 is 0. The van der Waals surface area contributed by atoms with Crippen LogP contribution in [-0.2, 0) is 46.5 Å². The number of benzene rings is 2. The van der Waals surface area contributed by atoms with Gasteiger partial charge in [-0.1, -0.05) is 204 Å². The highest BCUT2D eigenvalue weighted by Gasteiger charge is 2.86. The summed E-state index contributed by atoms with van der Waals surface area (Å²) in [4.78, 5) is 66.0. The third-order valence-corrected chi connectivity index (χ3v) is 15.0. The number of halogens is 1. The van der Waals surface area contributed by atoms with E-state index >= 15 is 0 Å². The van der Waals surface area contributed by atoms with Crippen LogP contribution in [0.15, 0.2) is 54.9 Å². The number of esters is 4. The van der Waals surface area contributed by atoms with Crippen molar-refractivity contribution >= 4 is 40.9 Å². The van der Waals surface area contributed by atoms with Crippen molar-refractivity contribution in [2.75, 3.05) is 5.73 Å². The van der Waals surface area contributed by atoms with Crippen molar-refractivity contribution in [2.24, 2.45) is 0 Å². The molecule has 14 nitrogen and oxygen atoms in total. The van der Waals surface area contributed by atoms with Crippen LogP contribution in [0, 0.1) is 6.08 Å². The molecule has 2 aromatic carbocycles. The minimum atomic E-state index is -1.54. The Morgan fingerprint density at radius 3 is 1.54 bits per heavy atom. The van der Waals surface area contributed by atoms with Gasteiger partial charge in [-0.2, -0.15) is 14.4 Å². The second-order valence-corrected chi connectivity index (χ2v) is 20.8. The number of rotatable bonds is 37. The zero-order valence-corrected chi connectivity index (χ0v) is 44.7. The normalized spacial score (nSPS) is 18.8. The van der Waals surface area contributed by atoms with Crippen LogP contribution in [0.5, 0.6) is 0 Å². The summed E-state index contributed by atoms with van der Waals surface area (Å²) < 4.78 is 46.4. The van der Waals surface area contributed by atoms with Gasteiger partial charge in [-0.15, -0.1) is 0 Å². The molecule has 74 heavy (non-hydrogen) atoms. The van der Waals surface area contributed by atoms with Crippen LogP contribution in [-0.4, -0.2) is 60.7 Å². The number of nitrogens with zero attached hydrogens (tertiary/aromatic N) is 4. The Labute approximate surface area is 438 Å². The molecule has 1 saturated heterocycles. The second-order valence-electron chi connectivity index (χ2n) is 20.8. The van der Waals surface area contributed by atoms with Crippen LogP contribution in [0.1, 0.15) is 245 Å². The third-order valence-electron chi connectivity index (χ3n) is 15.0. The van der Waals surface area contributed by atoms with E-state index < -0.39 is 41.6 Å². The van der Waals surface area contributed by atoms with Crippen molar-refractivity contribution in [3.8, 4) is 0 Å². The summed E-state index contributed by atoms with van der Waals surface area (Å²) in [6.45, 7) is 5.90. The van der Waals surface area contributed by atoms with Gasteiger partial charge in [0.2, 0.25) is 0 Å². The average molecular weight is 1030 g/mol. The number of fused-ring (bicyclic) bond motifs is 2. The topological polar surface area (TPSA) is 184 Å². The lowest BCUT2D eigenvalue weighted by molar-refractivity contribution is -0.146. The maximum atomic E-state index is 14.5. The lowest BCUT2D eigenvalue weighted by Crippen LogP contribution is -2.29. The molecule has 1 aliphatic carbocycles. The number of nitrogens with two attached hydrogens (primary N) is 1. The first kappa shape index (κ1) is 57.8. The quantitative estimate of drug-likeness (QED) is 0.0195. The minimum Gasteiger partial charge on any atom is -0.461 e. The van der Waals surface area contributed by atoms with Gasteiger partial charge < -0.3 is 29.4 Å². The molecule has 4 atom stereocenters. The summed E-state index contributed by atoms with van der Waals surface area (Å²) in [5.41, 5.74) is 4.53. The Balaban J connectivity index is 1.02. The van der Waals surface area contributed by atoms with Gasteiger partial charge in [0.1, 0.15) is 19.4 Å². The van der Waals surface area contributed by atoms with Crippen molar-refractivity contribution in [1.82, 2.24) is 19.5 Å². The first-order valence-corrected chi connectivity index (χ1v) is 28.3. The first-order chi connectivity index (χ1) is 36.0. The lowest BCUT2D eigenvalue weighted by Gasteiger charge is -2.22. The van der Waals surface area contributed by atoms with Crippen molar-refractivity contribution < 1.29 is 47.3 Å². The van der Waals surface area contributed by atoms with Crippen LogP contribution in [0.2, 0.25) is 0 Å². The first-order valence-electron chi connectivity index (χ1n) is 28.3. The van der Waals surface area contributed by atoms with Gasteiger partial charge in [0, 0.05) is 30.4 Å². The third kappa shape index (κ3) is 16.5. The average Bonchev–Trinajstić information content (AvgIpc) is 3.67. The fourth-order valence-corrected chi connectivity index (χ4v) is 10.4. The highest BCUT2D eigenvalue weighted by molar-refractivity contribution is 5.93. The minimum absolute atomic E-state index is 0.0428. The highest BCUT2D eigenvalue weighted by atomic mass is 19.1. The molecule has 3 heterocycles. The Hall–Kier alpha value is -5.44. The zero-order chi connectivity index (χ0) is 52.6. The summed E-state index contributed by atoms with van der Waals surface area (Å²) in [5.74, 6) is -2.31. The maximum absolute atomic E-state index is 14.5. The van der Waals surface area contributed by atoms with Crippen LogP contribution in [0.25, 0.3) is 11.2 Å². The van der Waals surface area contributed by atoms with Gasteiger partial charge in [0.25, 0.3) is 0 Å². The standard InChI is InChI=1S/C59H84FN5O9/c1-4-6-8-10-12-14-16-18-20-22-24-26-28-38-49(66)70-41-44-34-30-32-36-46(44)54(68)72-56-58(3)59(56,40-48(73-58)65-43-62-51-52(61)63-57(60)64-53(51)65)74-55(69)47-37-33-31-35-45(47)42-71-50(67)39-29-27-25-23-21-19-17-15-13-11-9-7-5-2/h30-37,43,48,56H,4-29,38-42H2,1-3H3,(H2,61,63,64)/t48-,56?,58-,59-/m1/s1. The van der Waals surface area contributed by atoms with Crippen molar-refractivity contribution in [3.63, 3.8) is 0 Å². The molecule has 2 fully saturated rings. The Bertz CT molecular complexity index is 2390. The van der Waals surface area contributed by atoms with E-state index in [9.17, 15) is 23.6 Å². The van der Waals surface area contributed by atoms with Crippen LogP contribution in [0.4, 0.5) is 10.2 Å². The summed E-state index contributed by atoms with van der Waals surface area (Å²) in [6, 6.07) is 13.4. The molecule has 4 aromatic rings. The van der Waals surface area contributed by atoms with E-state index in [1.165, 1.54) is 133 Å². The molecule has 0 amide bonds. The summed E-state index contributed by atoms with van der Waals surface area (Å²) in [5, 5.41) is 0. The van der Waals surface area contributed by atoms with E-state index in [-0.39, 0.29) is 66.1 Å². The molecule has 2 aliphatic rings. The Kier molecular flexibility index (Phi) is 23.6. The molecule has 0 bridgehead atoms. The van der Waals surface area contributed by atoms with E-state index in [1.54, 1.807) is 55.5 Å². The number of nitrogen functional groups attached to an aromatic ring is 1. The van der Waals surface area contributed by atoms with E-state index in [1.807, 2.05) is 0 Å². The number of carbonyl (C=O) groups excluding carboxylic acids is 4. The lowest BCUT2D eigenvalue weighted by atomic mass is 10.0. The number of aromatic nitrogens is 4. The largest absolute Gasteiger partial charge is 0.461 e. The molecule has 2 N–H and O–H groups in total. The SMILES string of the molecule is CCCCCCCCCCCCCCCC(=O)OCc1ccccc1C(=O)OC1[C@@]2(C)O[C@@H](n3cnc4c(N)nc(F)nc43)C[C@@]12OC(=O)c1ccccc1COC(=O)CCCCCCCCCCCCCCC. The van der Waals surface area contributed by atoms with E-state index in [0.29, 0.717) is 17.5 Å². The molecule has 0 radical (unpaired) electrons. The monoisotopic (exact) mass is 1030 g/mol. The molecule has 1 saturated carbocycles. The predicted octanol–water partition coefficient (Wildman–Crippen LogP) is 14.1. The van der Waals surface area contributed by atoms with Crippen molar-refractivity contribution in [2.45, 2.75) is 244 Å². The molecule has 406 valence electrons. The number of unbranched alkanes of at least 4 members (excludes halogenated alkanes) is 24. The predicted molar refractivity (Wildman–Crippen MR) is 283 cm³/mol. The van der Waals surface area contributed by atoms with E-state index in [2.05, 4.69) is 28.8 Å². The molecular weight excluding hydrogens is 942 g/mol. The molecule has 15 heteroatoms. The molecule has 0 spiro atoms. The van der Waals surface area contributed by atoms with Gasteiger partial charge in [0.15, 0.2) is 34.3 Å². The Morgan fingerprint density at radius 2 is 1.07 bits per heavy atom. The fraction of sp³-hybridized carbons (Fsp3) is 0.644. The van der Waals surface area contributed by atoms with E-state index in [4.69, 9.17) is 29.4 Å². The van der Waals surface area contributed by atoms with Gasteiger partial charge in [-0.3, -0.25) is 14.2 Å². The van der Waals surface area contributed by atoms with Crippen molar-refractivity contribution in [1.29, 1.82) is 0 Å². The highest BCUT2D eigenvalue weighted by Crippen LogP contribution is 2.66. The van der Waals surface area contributed by atoms with Crippen LogP contribution >= 0.6 is 0 Å². The maximum Gasteiger partial charge on any atom is 0.339 e. The number of hydrogen-bond donors (Lipinski definition) is 1. The zero-order valence-electron chi connectivity index (χ0n) is 44.7. The fourth-order valence-electron chi connectivity index (χ4n) is 10.4. The van der Waals surface area contributed by atoms with Gasteiger partial charge in [-0.25, -0.2) is 14.6 Å². The van der Waals surface area contributed by atoms with Gasteiger partial charge >= 0.3 is 30.0 Å². The van der Waals surface area contributed by atoms with Gasteiger partial charge in [-0.05, 0) is 31.9 Å². The smallest absolute Gasteiger partial charge is 0.339 e. The number of anilines is 1. The molecule has 2 aromatic heterocycles. The summed E-state index contributed by atoms with van der Waals surface area (Å²) in [6.07, 6.45) is 30.2. The number of imidazole rings is 1. The molecule has 6 rings (SSSR count). The molecular formula is C59H84FN5O9. The summed E-state index contributed by atoms with van der Waals surface area (Å²) in [7, 11) is 0. The van der Waals surface area contributed by atoms with Gasteiger partial charge in [0.05, 0.1) is 17.5 Å². The second kappa shape index (κ2) is 30.2. The van der Waals surface area contributed by atoms with Crippen LogP contribution in [0.3, 0.4) is 0 Å². The Morgan fingerprint density at radius 1 is 0.635 bits per heavy atom. The molecule has 1 unspecified atom stereocenters. The number of hydrogen-bond acceptors (Lipinski definition) is 13. The number of ether oxygens (including phenoxy) is 5. The molecule has 1 aliphatic heterocycles. The van der Waals surface area contributed by atoms with Crippen LogP contribution < -0.4 is 5.73 Å².